The summed E-state index contributed by atoms with van der Waals surface area (Å²) in [6.07, 6.45) is 1.13. The number of benzene rings is 1. The third-order valence-corrected chi connectivity index (χ3v) is 4.17. The van der Waals surface area contributed by atoms with Gasteiger partial charge in [0.05, 0.1) is 0 Å². The van der Waals surface area contributed by atoms with Gasteiger partial charge in [-0.25, -0.2) is 0 Å². The molecule has 0 aliphatic carbocycles. The predicted molar refractivity (Wildman–Crippen MR) is 83.1 cm³/mol. The maximum Gasteiger partial charge on any atom is 0.0468 e. The van der Waals surface area contributed by atoms with E-state index in [0.717, 1.165) is 37.6 Å². The van der Waals surface area contributed by atoms with Gasteiger partial charge in [0.1, 0.15) is 0 Å². The lowest BCUT2D eigenvalue weighted by atomic mass is 9.95. The van der Waals surface area contributed by atoms with Gasteiger partial charge in [0.15, 0.2) is 0 Å². The zero-order valence-corrected chi connectivity index (χ0v) is 13.1. The van der Waals surface area contributed by atoms with Crippen molar-refractivity contribution in [2.24, 2.45) is 5.92 Å². The lowest BCUT2D eigenvalue weighted by Gasteiger charge is -2.36. The molecule has 1 atom stereocenters. The molecule has 0 bridgehead atoms. The second kappa shape index (κ2) is 6.94. The topological polar surface area (TPSA) is 15.3 Å². The summed E-state index contributed by atoms with van der Waals surface area (Å²) in [4.78, 5) is 2.53. The summed E-state index contributed by atoms with van der Waals surface area (Å²) in [5.74, 6) is 0.645. The van der Waals surface area contributed by atoms with Crippen LogP contribution in [-0.2, 0) is 0 Å². The van der Waals surface area contributed by atoms with E-state index < -0.39 is 0 Å². The molecule has 1 saturated heterocycles. The van der Waals surface area contributed by atoms with Gasteiger partial charge in [-0.1, -0.05) is 43.1 Å². The van der Waals surface area contributed by atoms with Crippen molar-refractivity contribution < 1.29 is 0 Å². The number of piperazine rings is 1. The predicted octanol–water partition coefficient (Wildman–Crippen LogP) is 3.99. The fraction of sp³-hybridized carbons (Fsp3) is 0.600. The van der Waals surface area contributed by atoms with Gasteiger partial charge in [-0.2, -0.15) is 0 Å². The Kier molecular flexibility index (Phi) is 5.52. The van der Waals surface area contributed by atoms with Crippen molar-refractivity contribution in [2.75, 3.05) is 26.2 Å². The molecule has 19 heavy (non-hydrogen) atoms. The first kappa shape index (κ1) is 15.1. The fourth-order valence-corrected chi connectivity index (χ4v) is 3.22. The van der Waals surface area contributed by atoms with Crippen molar-refractivity contribution in [1.82, 2.24) is 10.2 Å². The summed E-state index contributed by atoms with van der Waals surface area (Å²) in [5.41, 5.74) is 1.21. The largest absolute Gasteiger partial charge is 0.314 e. The van der Waals surface area contributed by atoms with E-state index >= 15 is 0 Å². The molecule has 1 aliphatic heterocycles. The Morgan fingerprint density at radius 3 is 2.47 bits per heavy atom. The van der Waals surface area contributed by atoms with Crippen molar-refractivity contribution >= 4 is 23.2 Å². The van der Waals surface area contributed by atoms with E-state index in [2.05, 4.69) is 30.1 Å². The van der Waals surface area contributed by atoms with Crippen LogP contribution in [0.1, 0.15) is 31.9 Å². The van der Waals surface area contributed by atoms with E-state index in [1.54, 1.807) is 0 Å². The molecule has 4 heteroatoms. The van der Waals surface area contributed by atoms with Crippen molar-refractivity contribution in [3.8, 4) is 0 Å². The molecule has 1 fully saturated rings. The van der Waals surface area contributed by atoms with E-state index in [1.165, 1.54) is 5.56 Å². The average molecular weight is 301 g/mol. The summed E-state index contributed by atoms with van der Waals surface area (Å²) in [7, 11) is 0. The molecule has 106 valence electrons. The molecule has 1 aromatic carbocycles. The van der Waals surface area contributed by atoms with Gasteiger partial charge in [0.25, 0.3) is 0 Å². The number of nitrogens with zero attached hydrogens (tertiary/aromatic N) is 1. The van der Waals surface area contributed by atoms with Gasteiger partial charge in [0, 0.05) is 42.3 Å². The summed E-state index contributed by atoms with van der Waals surface area (Å²) in [5, 5.41) is 4.90. The molecule has 0 radical (unpaired) electrons. The Morgan fingerprint density at radius 2 is 1.89 bits per heavy atom. The van der Waals surface area contributed by atoms with Crippen LogP contribution >= 0.6 is 23.2 Å². The lowest BCUT2D eigenvalue weighted by Crippen LogP contribution is -2.45. The minimum atomic E-state index is 0.395. The molecular weight excluding hydrogens is 279 g/mol. The van der Waals surface area contributed by atoms with Crippen molar-refractivity contribution in [3.63, 3.8) is 0 Å². The number of hydrogen-bond donors (Lipinski definition) is 1. The monoisotopic (exact) mass is 300 g/mol. The van der Waals surface area contributed by atoms with E-state index in [1.807, 2.05) is 12.1 Å². The van der Waals surface area contributed by atoms with Gasteiger partial charge in [0.2, 0.25) is 0 Å². The highest BCUT2D eigenvalue weighted by molar-refractivity contribution is 6.35. The van der Waals surface area contributed by atoms with Gasteiger partial charge in [-0.15, -0.1) is 0 Å². The van der Waals surface area contributed by atoms with Crippen molar-refractivity contribution in [1.29, 1.82) is 0 Å². The Labute approximate surface area is 126 Å². The fourth-order valence-electron chi connectivity index (χ4n) is 2.68. The van der Waals surface area contributed by atoms with Crippen LogP contribution in [0.3, 0.4) is 0 Å². The second-order valence-corrected chi connectivity index (χ2v) is 6.44. The summed E-state index contributed by atoms with van der Waals surface area (Å²) >= 11 is 12.4. The summed E-state index contributed by atoms with van der Waals surface area (Å²) in [6, 6.07) is 6.28. The molecule has 0 unspecified atom stereocenters. The number of rotatable bonds is 4. The zero-order valence-electron chi connectivity index (χ0n) is 11.6. The molecule has 0 aromatic heterocycles. The standard InChI is InChI=1S/C15H22Cl2N2/c1-11(2)9-15(19-7-5-18-6-8-19)13-4-3-12(16)10-14(13)17/h3-4,10-11,15,18H,5-9H2,1-2H3/t15-/m1/s1. The van der Waals surface area contributed by atoms with E-state index in [9.17, 15) is 0 Å². The molecule has 0 saturated carbocycles. The number of nitrogens with one attached hydrogen (secondary N) is 1. The van der Waals surface area contributed by atoms with Gasteiger partial charge >= 0.3 is 0 Å². The van der Waals surface area contributed by atoms with Crippen LogP contribution in [0.25, 0.3) is 0 Å². The third-order valence-electron chi connectivity index (χ3n) is 3.61. The Morgan fingerprint density at radius 1 is 1.21 bits per heavy atom. The van der Waals surface area contributed by atoms with Crippen LogP contribution in [-0.4, -0.2) is 31.1 Å². The van der Waals surface area contributed by atoms with E-state index in [-0.39, 0.29) is 0 Å². The highest BCUT2D eigenvalue weighted by Gasteiger charge is 2.24. The third kappa shape index (κ3) is 4.09. The van der Waals surface area contributed by atoms with Crippen LogP contribution < -0.4 is 5.32 Å². The molecular formula is C15H22Cl2N2. The number of halogens is 2. The van der Waals surface area contributed by atoms with Crippen molar-refractivity contribution in [3.05, 3.63) is 33.8 Å². The van der Waals surface area contributed by atoms with E-state index in [0.29, 0.717) is 17.0 Å². The normalized spacial score (nSPS) is 18.8. The minimum Gasteiger partial charge on any atom is -0.314 e. The van der Waals surface area contributed by atoms with Gasteiger partial charge < -0.3 is 5.32 Å². The van der Waals surface area contributed by atoms with Gasteiger partial charge in [-0.05, 0) is 30.0 Å². The first-order valence-electron chi connectivity index (χ1n) is 6.97. The molecule has 2 rings (SSSR count). The summed E-state index contributed by atoms with van der Waals surface area (Å²) in [6.45, 7) is 8.80. The Bertz CT molecular complexity index is 415. The van der Waals surface area contributed by atoms with E-state index in [4.69, 9.17) is 23.2 Å². The molecule has 2 nitrogen and oxygen atoms in total. The highest BCUT2D eigenvalue weighted by Crippen LogP contribution is 2.34. The Hall–Kier alpha value is -0.280. The number of hydrogen-bond acceptors (Lipinski definition) is 2. The van der Waals surface area contributed by atoms with Crippen LogP contribution in [0.4, 0.5) is 0 Å². The first-order chi connectivity index (χ1) is 9.08. The lowest BCUT2D eigenvalue weighted by molar-refractivity contribution is 0.154. The molecule has 0 amide bonds. The maximum absolute atomic E-state index is 6.40. The molecule has 1 aliphatic rings. The van der Waals surface area contributed by atoms with Crippen LogP contribution in [0.5, 0.6) is 0 Å². The second-order valence-electron chi connectivity index (χ2n) is 5.60. The van der Waals surface area contributed by atoms with Crippen molar-refractivity contribution in [2.45, 2.75) is 26.3 Å². The highest BCUT2D eigenvalue weighted by atomic mass is 35.5. The van der Waals surface area contributed by atoms with Gasteiger partial charge in [-0.3, -0.25) is 4.90 Å². The molecule has 1 heterocycles. The SMILES string of the molecule is CC(C)C[C@H](c1ccc(Cl)cc1Cl)N1CCNCC1. The zero-order chi connectivity index (χ0) is 13.8. The maximum atomic E-state index is 6.40. The van der Waals surface area contributed by atoms with Crippen LogP contribution in [0.2, 0.25) is 10.0 Å². The molecule has 0 spiro atoms. The average Bonchev–Trinajstić information content (AvgIpc) is 2.37. The van der Waals surface area contributed by atoms with Crippen LogP contribution in [0.15, 0.2) is 18.2 Å². The smallest absolute Gasteiger partial charge is 0.0468 e. The quantitative estimate of drug-likeness (QED) is 0.904. The summed E-state index contributed by atoms with van der Waals surface area (Å²) < 4.78 is 0. The molecule has 1 aromatic rings. The molecule has 1 N–H and O–H groups in total. The minimum absolute atomic E-state index is 0.395. The Balaban J connectivity index is 2.25. The van der Waals surface area contributed by atoms with Crippen LogP contribution in [0, 0.1) is 5.92 Å². The first-order valence-corrected chi connectivity index (χ1v) is 7.73.